The van der Waals surface area contributed by atoms with Gasteiger partial charge in [-0.2, -0.15) is 4.99 Å². The lowest BCUT2D eigenvalue weighted by Crippen LogP contribution is -2.34. The molecule has 3 rings (SSSR count). The average Bonchev–Trinajstić information content (AvgIpc) is 3.28. The highest BCUT2D eigenvalue weighted by atomic mass is 16.4. The number of aliphatic carboxylic acids is 1. The summed E-state index contributed by atoms with van der Waals surface area (Å²) in [6.07, 6.45) is 3.34. The fourth-order valence-corrected chi connectivity index (χ4v) is 2.78. The molecule has 1 aliphatic carbocycles. The van der Waals surface area contributed by atoms with Crippen molar-refractivity contribution in [3.63, 3.8) is 0 Å². The van der Waals surface area contributed by atoms with Gasteiger partial charge >= 0.3 is 12.0 Å². The van der Waals surface area contributed by atoms with Crippen molar-refractivity contribution < 1.29 is 19.5 Å². The van der Waals surface area contributed by atoms with Gasteiger partial charge in [0.25, 0.3) is 0 Å². The van der Waals surface area contributed by atoms with E-state index in [1.807, 2.05) is 4.90 Å². The lowest BCUT2D eigenvalue weighted by molar-refractivity contribution is -0.138. The Labute approximate surface area is 126 Å². The number of para-hydroxylation sites is 1. The summed E-state index contributed by atoms with van der Waals surface area (Å²) in [5, 5.41) is 9.25. The predicted octanol–water partition coefficient (Wildman–Crippen LogP) is 1.55. The summed E-state index contributed by atoms with van der Waals surface area (Å²) in [6.45, 7) is 1.13. The Morgan fingerprint density at radius 2 is 2.05 bits per heavy atom. The maximum absolute atomic E-state index is 12.5. The molecule has 1 N–H and O–H groups in total. The Bertz CT molecular complexity index is 663. The van der Waals surface area contributed by atoms with Gasteiger partial charge < -0.3 is 10.0 Å². The van der Waals surface area contributed by atoms with Crippen LogP contribution in [0.3, 0.4) is 0 Å². The van der Waals surface area contributed by atoms with E-state index in [9.17, 15) is 19.5 Å². The maximum atomic E-state index is 12.5. The normalized spacial score (nSPS) is 19.0. The zero-order chi connectivity index (χ0) is 15.7. The third-order valence-corrected chi connectivity index (χ3v) is 3.97. The molecular formula is C15H15N3O4. The summed E-state index contributed by atoms with van der Waals surface area (Å²) in [7, 11) is 0. The number of carboxylic acid groups (broad SMARTS) is 1. The minimum Gasteiger partial charge on any atom is -0.479 e. The number of benzene rings is 1. The smallest absolute Gasteiger partial charge is 0.334 e. The Morgan fingerprint density at radius 3 is 2.68 bits per heavy atom. The van der Waals surface area contributed by atoms with Gasteiger partial charge in [-0.05, 0) is 18.9 Å². The van der Waals surface area contributed by atoms with Crippen molar-refractivity contribution in [1.29, 1.82) is 0 Å². The lowest BCUT2D eigenvalue weighted by atomic mass is 10.0. The van der Waals surface area contributed by atoms with Crippen LogP contribution in [0.25, 0.3) is 0 Å². The van der Waals surface area contributed by atoms with Gasteiger partial charge in [0.15, 0.2) is 6.04 Å². The van der Waals surface area contributed by atoms with Crippen molar-refractivity contribution in [2.45, 2.75) is 24.9 Å². The number of hydrogen-bond acceptors (Lipinski definition) is 4. The predicted molar refractivity (Wildman–Crippen MR) is 77.4 cm³/mol. The van der Waals surface area contributed by atoms with Crippen LogP contribution in [0, 0.1) is 0 Å². The van der Waals surface area contributed by atoms with Gasteiger partial charge in [0.05, 0.1) is 5.69 Å². The Kier molecular flexibility index (Phi) is 3.65. The summed E-state index contributed by atoms with van der Waals surface area (Å²) >= 11 is 0. The van der Waals surface area contributed by atoms with E-state index in [4.69, 9.17) is 0 Å². The first-order valence-corrected chi connectivity index (χ1v) is 7.10. The molecule has 1 atom stereocenters. The van der Waals surface area contributed by atoms with Crippen LogP contribution in [0.2, 0.25) is 0 Å². The number of carboxylic acids is 1. The zero-order valence-electron chi connectivity index (χ0n) is 11.8. The maximum Gasteiger partial charge on any atom is 0.334 e. The summed E-state index contributed by atoms with van der Waals surface area (Å²) in [5.41, 5.74) is 0.811. The standard InChI is InChI=1S/C15H15N3O4/c19-9-16-13(14(20)21)11-3-1-2-4-12(11)18-8-7-17(15(18)22)10-5-6-10/h1-4,10,13H,5-8H2,(H,20,21). The van der Waals surface area contributed by atoms with E-state index in [0.717, 1.165) is 12.8 Å². The van der Waals surface area contributed by atoms with Crippen LogP contribution in [0.15, 0.2) is 29.3 Å². The highest BCUT2D eigenvalue weighted by molar-refractivity contribution is 5.96. The van der Waals surface area contributed by atoms with Crippen molar-refractivity contribution >= 4 is 23.8 Å². The summed E-state index contributed by atoms with van der Waals surface area (Å²) in [4.78, 5) is 41.1. The van der Waals surface area contributed by atoms with Crippen molar-refractivity contribution in [3.05, 3.63) is 29.8 Å². The molecule has 1 aliphatic heterocycles. The number of urea groups is 1. The SMILES string of the molecule is O=C=NC(C(=O)O)c1ccccc1N1CCN(C2CC2)C1=O. The zero-order valence-corrected chi connectivity index (χ0v) is 11.8. The van der Waals surface area contributed by atoms with Gasteiger partial charge in [0, 0.05) is 24.7 Å². The Hall–Kier alpha value is -2.66. The number of aliphatic imine (C=N–C) groups is 1. The van der Waals surface area contributed by atoms with Crippen LogP contribution in [0.4, 0.5) is 10.5 Å². The van der Waals surface area contributed by atoms with Gasteiger partial charge in [0.2, 0.25) is 6.08 Å². The van der Waals surface area contributed by atoms with Gasteiger partial charge in [0.1, 0.15) is 0 Å². The van der Waals surface area contributed by atoms with Gasteiger partial charge in [-0.1, -0.05) is 18.2 Å². The number of anilines is 1. The Morgan fingerprint density at radius 1 is 1.32 bits per heavy atom. The third-order valence-electron chi connectivity index (χ3n) is 3.97. The van der Waals surface area contributed by atoms with Crippen LogP contribution in [-0.4, -0.2) is 47.2 Å². The summed E-state index contributed by atoms with van der Waals surface area (Å²) < 4.78 is 0. The quantitative estimate of drug-likeness (QED) is 0.660. The number of carbonyl (C=O) groups is 2. The largest absolute Gasteiger partial charge is 0.479 e. The highest BCUT2D eigenvalue weighted by Gasteiger charge is 2.40. The van der Waals surface area contributed by atoms with Crippen LogP contribution in [0.1, 0.15) is 24.4 Å². The summed E-state index contributed by atoms with van der Waals surface area (Å²) in [5.74, 6) is -1.25. The van der Waals surface area contributed by atoms with Crippen LogP contribution in [0.5, 0.6) is 0 Å². The molecule has 1 saturated heterocycles. The van der Waals surface area contributed by atoms with Crippen molar-refractivity contribution in [2.24, 2.45) is 4.99 Å². The molecule has 0 radical (unpaired) electrons. The molecule has 7 heteroatoms. The average molecular weight is 301 g/mol. The lowest BCUT2D eigenvalue weighted by Gasteiger charge is -2.22. The fraction of sp³-hybridized carbons (Fsp3) is 0.400. The molecule has 1 unspecified atom stereocenters. The molecule has 7 nitrogen and oxygen atoms in total. The van der Waals surface area contributed by atoms with E-state index in [0.29, 0.717) is 30.4 Å². The molecule has 2 aliphatic rings. The first-order chi connectivity index (χ1) is 10.6. The van der Waals surface area contributed by atoms with E-state index in [1.54, 1.807) is 29.2 Å². The molecule has 0 spiro atoms. The second-order valence-electron chi connectivity index (χ2n) is 5.38. The van der Waals surface area contributed by atoms with Crippen molar-refractivity contribution in [1.82, 2.24) is 4.90 Å². The molecule has 1 heterocycles. The second kappa shape index (κ2) is 5.61. The van der Waals surface area contributed by atoms with E-state index in [-0.39, 0.29) is 6.03 Å². The molecule has 1 aromatic carbocycles. The van der Waals surface area contributed by atoms with Gasteiger partial charge in [-0.3, -0.25) is 4.90 Å². The van der Waals surface area contributed by atoms with Crippen LogP contribution < -0.4 is 4.90 Å². The van der Waals surface area contributed by atoms with Crippen LogP contribution in [-0.2, 0) is 9.59 Å². The molecule has 0 aromatic heterocycles. The Balaban J connectivity index is 1.96. The first kappa shape index (κ1) is 14.3. The molecule has 2 fully saturated rings. The minimum atomic E-state index is -1.35. The fourth-order valence-electron chi connectivity index (χ4n) is 2.78. The number of amides is 2. The highest BCUT2D eigenvalue weighted by Crippen LogP contribution is 2.35. The molecule has 22 heavy (non-hydrogen) atoms. The molecular weight excluding hydrogens is 286 g/mol. The van der Waals surface area contributed by atoms with Gasteiger partial charge in [-0.25, -0.2) is 14.4 Å². The summed E-state index contributed by atoms with van der Waals surface area (Å²) in [6, 6.07) is 5.49. The van der Waals surface area contributed by atoms with Crippen molar-refractivity contribution in [2.75, 3.05) is 18.0 Å². The van der Waals surface area contributed by atoms with Gasteiger partial charge in [-0.15, -0.1) is 0 Å². The molecule has 1 saturated carbocycles. The monoisotopic (exact) mass is 301 g/mol. The van der Waals surface area contributed by atoms with Crippen LogP contribution >= 0.6 is 0 Å². The van der Waals surface area contributed by atoms with E-state index in [2.05, 4.69) is 4.99 Å². The molecule has 1 aromatic rings. The number of carbonyl (C=O) groups excluding carboxylic acids is 2. The van der Waals surface area contributed by atoms with E-state index >= 15 is 0 Å². The minimum absolute atomic E-state index is 0.117. The molecule has 0 bridgehead atoms. The third kappa shape index (κ3) is 2.46. The number of nitrogens with zero attached hydrogens (tertiary/aromatic N) is 3. The van der Waals surface area contributed by atoms with E-state index < -0.39 is 12.0 Å². The molecule has 114 valence electrons. The topological polar surface area (TPSA) is 90.3 Å². The number of isocyanates is 1. The first-order valence-electron chi connectivity index (χ1n) is 7.10. The number of rotatable bonds is 5. The number of hydrogen-bond donors (Lipinski definition) is 1. The molecule has 2 amide bonds. The van der Waals surface area contributed by atoms with Crippen molar-refractivity contribution in [3.8, 4) is 0 Å². The van der Waals surface area contributed by atoms with E-state index in [1.165, 1.54) is 6.08 Å². The second-order valence-corrected chi connectivity index (χ2v) is 5.38.